The van der Waals surface area contributed by atoms with Crippen molar-refractivity contribution < 1.29 is 38.2 Å². The molecule has 0 bridgehead atoms. The van der Waals surface area contributed by atoms with Crippen LogP contribution in [0.5, 0.6) is 23.0 Å². The second kappa shape index (κ2) is 13.8. The van der Waals surface area contributed by atoms with Crippen LogP contribution in [0.3, 0.4) is 0 Å². The van der Waals surface area contributed by atoms with E-state index >= 15 is 0 Å². The van der Waals surface area contributed by atoms with Crippen LogP contribution < -0.4 is 30.3 Å². The number of carbonyl (C=O) groups is 3. The summed E-state index contributed by atoms with van der Waals surface area (Å²) in [6.45, 7) is 2.10. The molecular formula is C35H36FN5O7. The molecule has 250 valence electrons. The van der Waals surface area contributed by atoms with Gasteiger partial charge in [-0.15, -0.1) is 0 Å². The van der Waals surface area contributed by atoms with Crippen LogP contribution in [-0.2, 0) is 14.4 Å². The number of ether oxygens (including phenoxy) is 3. The predicted octanol–water partition coefficient (Wildman–Crippen LogP) is 4.70. The molecule has 12 nitrogen and oxygen atoms in total. The minimum atomic E-state index is -1.28. The lowest BCUT2D eigenvalue weighted by atomic mass is 9.98. The van der Waals surface area contributed by atoms with Gasteiger partial charge in [0.25, 0.3) is 5.91 Å². The van der Waals surface area contributed by atoms with Gasteiger partial charge in [-0.1, -0.05) is 0 Å². The highest BCUT2D eigenvalue weighted by molar-refractivity contribution is 6.16. The maximum atomic E-state index is 13.7. The molecule has 1 aliphatic heterocycles. The number of hydroxylamine groups is 1. The molecule has 1 aromatic heterocycles. The molecule has 2 fully saturated rings. The number of halogens is 1. The Morgan fingerprint density at radius 1 is 1.00 bits per heavy atom. The number of nitrogens with zero attached hydrogens (tertiary/aromatic N) is 3. The van der Waals surface area contributed by atoms with E-state index in [0.717, 1.165) is 25.9 Å². The number of rotatable bonds is 12. The number of primary amides is 1. The first-order valence-corrected chi connectivity index (χ1v) is 15.6. The predicted molar refractivity (Wildman–Crippen MR) is 174 cm³/mol. The zero-order chi connectivity index (χ0) is 33.8. The second-order valence-electron chi connectivity index (χ2n) is 12.1. The van der Waals surface area contributed by atoms with Crippen molar-refractivity contribution in [1.29, 1.82) is 0 Å². The molecule has 13 heteroatoms. The van der Waals surface area contributed by atoms with Gasteiger partial charge in [0.15, 0.2) is 11.5 Å². The van der Waals surface area contributed by atoms with Gasteiger partial charge >= 0.3 is 0 Å². The third-order valence-electron chi connectivity index (χ3n) is 8.90. The van der Waals surface area contributed by atoms with Gasteiger partial charge in [0.1, 0.15) is 22.7 Å². The summed E-state index contributed by atoms with van der Waals surface area (Å²) in [6, 6.07) is 17.6. The lowest BCUT2D eigenvalue weighted by Gasteiger charge is -2.31. The largest absolute Gasteiger partial charge is 0.493 e. The van der Waals surface area contributed by atoms with E-state index in [0.29, 0.717) is 70.6 Å². The van der Waals surface area contributed by atoms with Crippen molar-refractivity contribution in [2.75, 3.05) is 38.3 Å². The standard InChI is InChI=1S/C35H36FN5O7/c1-46-30-18-27-28(19-31(30)47-21-22-11-16-40(17-12-22)20-32(42)39-45)38-15-10-29(27)48-26-8-6-25(7-9-26)41(24-4-2-23(36)3-5-24)34(44)35(13-14-35)33(37)43/h2-10,15,18-19,22,45H,11-14,16-17,20-21H2,1H3,(H2,37,43)(H,39,42). The van der Waals surface area contributed by atoms with Crippen molar-refractivity contribution in [3.63, 3.8) is 0 Å². The van der Waals surface area contributed by atoms with Crippen molar-refractivity contribution in [3.8, 4) is 23.0 Å². The first-order valence-electron chi connectivity index (χ1n) is 15.6. The quantitative estimate of drug-likeness (QED) is 0.112. The lowest BCUT2D eigenvalue weighted by molar-refractivity contribution is -0.133. The van der Waals surface area contributed by atoms with E-state index in [2.05, 4.69) is 4.98 Å². The fourth-order valence-corrected chi connectivity index (χ4v) is 5.92. The summed E-state index contributed by atoms with van der Waals surface area (Å²) in [4.78, 5) is 45.1. The fraction of sp³-hybridized carbons (Fsp3) is 0.314. The third-order valence-corrected chi connectivity index (χ3v) is 8.90. The van der Waals surface area contributed by atoms with E-state index in [9.17, 15) is 18.8 Å². The van der Waals surface area contributed by atoms with Crippen LogP contribution in [-0.4, -0.2) is 66.2 Å². The smallest absolute Gasteiger partial charge is 0.257 e. The first-order chi connectivity index (χ1) is 23.2. The Bertz CT molecular complexity index is 1810. The van der Waals surface area contributed by atoms with Crippen molar-refractivity contribution in [2.45, 2.75) is 25.7 Å². The minimum absolute atomic E-state index is 0.161. The highest BCUT2D eigenvalue weighted by Crippen LogP contribution is 2.49. The molecule has 3 amide bonds. The molecular weight excluding hydrogens is 621 g/mol. The van der Waals surface area contributed by atoms with E-state index in [-0.39, 0.29) is 6.54 Å². The summed E-state index contributed by atoms with van der Waals surface area (Å²) in [5.41, 5.74) is 7.51. The molecule has 0 spiro atoms. The molecule has 0 unspecified atom stereocenters. The summed E-state index contributed by atoms with van der Waals surface area (Å²) in [7, 11) is 1.56. The maximum Gasteiger partial charge on any atom is 0.257 e. The van der Waals surface area contributed by atoms with Gasteiger partial charge in [-0.3, -0.25) is 34.4 Å². The second-order valence-corrected chi connectivity index (χ2v) is 12.1. The molecule has 3 aromatic carbocycles. The summed E-state index contributed by atoms with van der Waals surface area (Å²) < 4.78 is 31.8. The maximum absolute atomic E-state index is 13.7. The van der Waals surface area contributed by atoms with Crippen LogP contribution in [0, 0.1) is 17.2 Å². The van der Waals surface area contributed by atoms with Gasteiger partial charge in [0, 0.05) is 29.0 Å². The van der Waals surface area contributed by atoms with Gasteiger partial charge in [0.05, 0.1) is 25.8 Å². The average Bonchev–Trinajstić information content (AvgIpc) is 3.92. The molecule has 1 saturated heterocycles. The highest BCUT2D eigenvalue weighted by Gasteiger charge is 2.57. The Labute approximate surface area is 276 Å². The number of pyridine rings is 1. The Morgan fingerprint density at radius 2 is 1.67 bits per heavy atom. The lowest BCUT2D eigenvalue weighted by Crippen LogP contribution is -2.41. The molecule has 0 atom stereocenters. The van der Waals surface area contributed by atoms with Crippen LogP contribution in [0.4, 0.5) is 15.8 Å². The number of piperidine rings is 1. The monoisotopic (exact) mass is 657 g/mol. The number of benzene rings is 3. The number of hydrogen-bond donors (Lipinski definition) is 3. The molecule has 4 N–H and O–H groups in total. The number of anilines is 2. The topological polar surface area (TPSA) is 157 Å². The van der Waals surface area contributed by atoms with Crippen molar-refractivity contribution in [2.24, 2.45) is 17.1 Å². The van der Waals surface area contributed by atoms with Crippen LogP contribution in [0.25, 0.3) is 10.9 Å². The molecule has 2 aliphatic rings. The molecule has 1 aliphatic carbocycles. The Hall–Kier alpha value is -5.27. The first kappa shape index (κ1) is 32.7. The number of amides is 3. The number of carbonyl (C=O) groups excluding carboxylic acids is 3. The zero-order valence-corrected chi connectivity index (χ0v) is 26.4. The SMILES string of the molecule is COc1cc2c(Oc3ccc(N(C(=O)C4(C(N)=O)CC4)c4ccc(F)cc4)cc3)ccnc2cc1OCC1CCN(CC(=O)NO)CC1. The van der Waals surface area contributed by atoms with E-state index in [1.807, 2.05) is 17.0 Å². The fourth-order valence-electron chi connectivity index (χ4n) is 5.92. The van der Waals surface area contributed by atoms with Crippen LogP contribution in [0.2, 0.25) is 0 Å². The van der Waals surface area contributed by atoms with Crippen molar-refractivity contribution >= 4 is 40.0 Å². The molecule has 6 rings (SSSR count). The molecule has 0 radical (unpaired) electrons. The highest BCUT2D eigenvalue weighted by atomic mass is 19.1. The number of hydrogen-bond acceptors (Lipinski definition) is 9. The van der Waals surface area contributed by atoms with E-state index in [1.54, 1.807) is 49.1 Å². The van der Waals surface area contributed by atoms with Gasteiger partial charge in [-0.2, -0.15) is 0 Å². The normalized spacial score (nSPS) is 15.8. The van der Waals surface area contributed by atoms with Gasteiger partial charge in [-0.05, 0) is 105 Å². The summed E-state index contributed by atoms with van der Waals surface area (Å²) >= 11 is 0. The van der Waals surface area contributed by atoms with E-state index in [4.69, 9.17) is 25.2 Å². The number of methoxy groups -OCH3 is 1. The number of likely N-dealkylation sites (tertiary alicyclic amines) is 1. The Balaban J connectivity index is 1.18. The molecule has 48 heavy (non-hydrogen) atoms. The molecule has 4 aromatic rings. The Kier molecular flexibility index (Phi) is 9.42. The van der Waals surface area contributed by atoms with Gasteiger partial charge < -0.3 is 19.9 Å². The van der Waals surface area contributed by atoms with Crippen molar-refractivity contribution in [1.82, 2.24) is 15.4 Å². The van der Waals surface area contributed by atoms with E-state index < -0.39 is 29.0 Å². The number of nitrogens with two attached hydrogens (primary N) is 1. The van der Waals surface area contributed by atoms with Crippen LogP contribution in [0.15, 0.2) is 72.9 Å². The van der Waals surface area contributed by atoms with Crippen LogP contribution >= 0.6 is 0 Å². The molecule has 1 saturated carbocycles. The minimum Gasteiger partial charge on any atom is -0.493 e. The number of fused-ring (bicyclic) bond motifs is 1. The Morgan fingerprint density at radius 3 is 2.27 bits per heavy atom. The average molecular weight is 658 g/mol. The van der Waals surface area contributed by atoms with Gasteiger partial charge in [0.2, 0.25) is 11.8 Å². The molecule has 2 heterocycles. The summed E-state index contributed by atoms with van der Waals surface area (Å²) in [5, 5.41) is 9.46. The summed E-state index contributed by atoms with van der Waals surface area (Å²) in [6.07, 6.45) is 4.06. The third kappa shape index (κ3) is 6.87. The van der Waals surface area contributed by atoms with Crippen molar-refractivity contribution in [3.05, 3.63) is 78.7 Å². The summed E-state index contributed by atoms with van der Waals surface area (Å²) in [5.74, 6) is 0.357. The number of aromatic nitrogens is 1. The zero-order valence-electron chi connectivity index (χ0n) is 26.4. The number of nitrogens with one attached hydrogen (secondary N) is 1. The van der Waals surface area contributed by atoms with Gasteiger partial charge in [-0.25, -0.2) is 9.87 Å². The van der Waals surface area contributed by atoms with Crippen LogP contribution in [0.1, 0.15) is 25.7 Å². The van der Waals surface area contributed by atoms with E-state index in [1.165, 1.54) is 29.2 Å².